The highest BCUT2D eigenvalue weighted by Crippen LogP contribution is 2.43. The summed E-state index contributed by atoms with van der Waals surface area (Å²) in [7, 11) is 4.58. The fourth-order valence-electron chi connectivity index (χ4n) is 3.52. The second kappa shape index (κ2) is 9.00. The summed E-state index contributed by atoms with van der Waals surface area (Å²) in [5.74, 6) is 1.54. The van der Waals surface area contributed by atoms with Crippen LogP contribution < -0.4 is 24.3 Å². The van der Waals surface area contributed by atoms with Crippen LogP contribution in [0.2, 0.25) is 0 Å². The van der Waals surface area contributed by atoms with Crippen molar-refractivity contribution in [2.45, 2.75) is 6.92 Å². The summed E-state index contributed by atoms with van der Waals surface area (Å²) in [5.41, 5.74) is 2.53. The van der Waals surface area contributed by atoms with Crippen LogP contribution in [-0.2, 0) is 0 Å². The Morgan fingerprint density at radius 3 is 2.42 bits per heavy atom. The maximum absolute atomic E-state index is 14.1. The summed E-state index contributed by atoms with van der Waals surface area (Å²) in [6, 6.07) is 10.1. The van der Waals surface area contributed by atoms with Gasteiger partial charge in [0.1, 0.15) is 17.3 Å². The van der Waals surface area contributed by atoms with Gasteiger partial charge in [0.05, 0.1) is 27.9 Å². The zero-order valence-corrected chi connectivity index (χ0v) is 18.5. The average Bonchev–Trinajstić information content (AvgIpc) is 3.40. The lowest BCUT2D eigenvalue weighted by molar-refractivity contribution is 0.322. The molecule has 4 aromatic rings. The monoisotopic (exact) mass is 451 g/mol. The van der Waals surface area contributed by atoms with Gasteiger partial charge in [0.15, 0.2) is 34.5 Å². The minimum absolute atomic E-state index is 0.127. The van der Waals surface area contributed by atoms with Gasteiger partial charge in [-0.15, -0.1) is 0 Å². The standard InChI is InChI=1S/C23H22FN5O4/c1-5-33-17-10-15(6-7-16(17)24)27-23-20(28-22-14(11-25)12-26-29(22)23)13-8-18(30-2)21(32-4)19(9-13)31-3/h6-10,12,26-27H,5H2,1-4H3. The number of ether oxygens (including phenoxy) is 4. The van der Waals surface area contributed by atoms with Crippen LogP contribution in [-0.4, -0.2) is 42.5 Å². The molecule has 4 rings (SSSR count). The summed E-state index contributed by atoms with van der Waals surface area (Å²) in [6.45, 7) is 2.11. The predicted molar refractivity (Wildman–Crippen MR) is 120 cm³/mol. The molecule has 0 radical (unpaired) electrons. The molecule has 2 heterocycles. The molecule has 0 spiro atoms. The van der Waals surface area contributed by atoms with Crippen molar-refractivity contribution >= 4 is 17.2 Å². The zero-order chi connectivity index (χ0) is 23.5. The van der Waals surface area contributed by atoms with Crippen LogP contribution in [0.25, 0.3) is 16.9 Å². The maximum atomic E-state index is 14.1. The quantitative estimate of drug-likeness (QED) is 0.406. The van der Waals surface area contributed by atoms with E-state index < -0.39 is 5.82 Å². The molecule has 2 aromatic carbocycles. The number of nitrogens with zero attached hydrogens (tertiary/aromatic N) is 3. The van der Waals surface area contributed by atoms with E-state index in [2.05, 4.69) is 21.5 Å². The number of anilines is 2. The summed E-state index contributed by atoms with van der Waals surface area (Å²) < 4.78 is 37.4. The van der Waals surface area contributed by atoms with Gasteiger partial charge in [0.25, 0.3) is 0 Å². The van der Waals surface area contributed by atoms with E-state index in [-0.39, 0.29) is 5.75 Å². The molecule has 0 saturated heterocycles. The van der Waals surface area contributed by atoms with Crippen molar-refractivity contribution < 1.29 is 23.3 Å². The van der Waals surface area contributed by atoms with Gasteiger partial charge >= 0.3 is 0 Å². The molecule has 2 N–H and O–H groups in total. The Labute approximate surface area is 189 Å². The van der Waals surface area contributed by atoms with Crippen molar-refractivity contribution in [3.8, 4) is 40.3 Å². The molecule has 0 saturated carbocycles. The Kier molecular flexibility index (Phi) is 5.95. The number of halogens is 1. The first kappa shape index (κ1) is 21.8. The van der Waals surface area contributed by atoms with Crippen molar-refractivity contribution in [1.29, 1.82) is 5.26 Å². The molecule has 0 unspecified atom stereocenters. The van der Waals surface area contributed by atoms with E-state index in [9.17, 15) is 9.65 Å². The highest BCUT2D eigenvalue weighted by atomic mass is 19.1. The molecule has 0 aliphatic rings. The molecule has 2 aromatic heterocycles. The first-order chi connectivity index (χ1) is 16.0. The highest BCUT2D eigenvalue weighted by molar-refractivity contribution is 5.83. The van der Waals surface area contributed by atoms with Crippen LogP contribution in [0.3, 0.4) is 0 Å². The molecule has 10 heteroatoms. The fraction of sp³-hybridized carbons (Fsp3) is 0.217. The second-order valence-corrected chi connectivity index (χ2v) is 6.88. The van der Waals surface area contributed by atoms with Gasteiger partial charge in [0.2, 0.25) is 5.75 Å². The third kappa shape index (κ3) is 3.85. The van der Waals surface area contributed by atoms with Gasteiger partial charge in [-0.25, -0.2) is 13.9 Å². The molecule has 0 atom stereocenters. The van der Waals surface area contributed by atoms with Crippen LogP contribution in [0.4, 0.5) is 15.9 Å². The van der Waals surface area contributed by atoms with Crippen molar-refractivity contribution in [2.75, 3.05) is 33.3 Å². The molecule has 0 aliphatic carbocycles. The molecular formula is C23H22FN5O4. The van der Waals surface area contributed by atoms with E-state index in [0.717, 1.165) is 0 Å². The Morgan fingerprint density at radius 1 is 1.09 bits per heavy atom. The SMILES string of the molecule is CCOc1cc(Nc2c(-c3cc(OC)c(OC)c(OC)c3)nc3c(C#N)c[nH]n23)ccc1F. The van der Waals surface area contributed by atoms with Crippen LogP contribution >= 0.6 is 0 Å². The van der Waals surface area contributed by atoms with E-state index in [1.165, 1.54) is 27.4 Å². The minimum Gasteiger partial charge on any atom is -0.493 e. The molecule has 170 valence electrons. The van der Waals surface area contributed by atoms with Gasteiger partial charge in [-0.3, -0.25) is 5.10 Å². The van der Waals surface area contributed by atoms with E-state index in [4.69, 9.17) is 18.9 Å². The van der Waals surface area contributed by atoms with Crippen molar-refractivity contribution in [3.63, 3.8) is 0 Å². The number of methoxy groups -OCH3 is 3. The Hall–Kier alpha value is -4.39. The minimum atomic E-state index is -0.461. The number of fused-ring (bicyclic) bond motifs is 1. The first-order valence-electron chi connectivity index (χ1n) is 10.0. The number of hydrogen-bond donors (Lipinski definition) is 2. The Balaban J connectivity index is 1.90. The van der Waals surface area contributed by atoms with Crippen molar-refractivity contribution in [3.05, 3.63) is 47.9 Å². The van der Waals surface area contributed by atoms with Gasteiger partial charge in [-0.05, 0) is 31.2 Å². The van der Waals surface area contributed by atoms with Crippen LogP contribution in [0.5, 0.6) is 23.0 Å². The van der Waals surface area contributed by atoms with E-state index in [1.807, 2.05) is 0 Å². The van der Waals surface area contributed by atoms with Gasteiger partial charge in [-0.1, -0.05) is 0 Å². The number of imidazole rings is 1. The highest BCUT2D eigenvalue weighted by Gasteiger charge is 2.22. The lowest BCUT2D eigenvalue weighted by Crippen LogP contribution is -2.01. The maximum Gasteiger partial charge on any atom is 0.203 e. The number of nitriles is 1. The van der Waals surface area contributed by atoms with Crippen molar-refractivity contribution in [1.82, 2.24) is 14.6 Å². The lowest BCUT2D eigenvalue weighted by atomic mass is 10.1. The molecule has 9 nitrogen and oxygen atoms in total. The largest absolute Gasteiger partial charge is 0.493 e. The number of nitrogens with one attached hydrogen (secondary N) is 2. The molecule has 0 aliphatic heterocycles. The smallest absolute Gasteiger partial charge is 0.203 e. The summed E-state index contributed by atoms with van der Waals surface area (Å²) in [4.78, 5) is 4.68. The van der Waals surface area contributed by atoms with Gasteiger partial charge in [0, 0.05) is 23.5 Å². The number of benzene rings is 2. The van der Waals surface area contributed by atoms with Gasteiger partial charge < -0.3 is 24.3 Å². The average molecular weight is 451 g/mol. The number of H-pyrrole nitrogens is 1. The van der Waals surface area contributed by atoms with E-state index >= 15 is 0 Å². The Morgan fingerprint density at radius 2 is 1.82 bits per heavy atom. The second-order valence-electron chi connectivity index (χ2n) is 6.88. The summed E-state index contributed by atoms with van der Waals surface area (Å²) in [6.07, 6.45) is 1.56. The fourth-order valence-corrected chi connectivity index (χ4v) is 3.52. The number of aromatic amines is 1. The lowest BCUT2D eigenvalue weighted by Gasteiger charge is -2.15. The summed E-state index contributed by atoms with van der Waals surface area (Å²) >= 11 is 0. The van der Waals surface area contributed by atoms with E-state index in [0.29, 0.717) is 57.8 Å². The van der Waals surface area contributed by atoms with Crippen LogP contribution in [0.1, 0.15) is 12.5 Å². The zero-order valence-electron chi connectivity index (χ0n) is 18.5. The third-order valence-corrected chi connectivity index (χ3v) is 5.01. The van der Waals surface area contributed by atoms with Crippen LogP contribution in [0.15, 0.2) is 36.5 Å². The molecular weight excluding hydrogens is 429 g/mol. The number of hydrogen-bond acceptors (Lipinski definition) is 7. The molecule has 0 bridgehead atoms. The Bertz CT molecular complexity index is 1330. The topological polar surface area (TPSA) is 106 Å². The molecule has 33 heavy (non-hydrogen) atoms. The summed E-state index contributed by atoms with van der Waals surface area (Å²) in [5, 5.41) is 15.8. The van der Waals surface area contributed by atoms with Crippen LogP contribution in [0, 0.1) is 17.1 Å². The third-order valence-electron chi connectivity index (χ3n) is 5.01. The van der Waals surface area contributed by atoms with Crippen molar-refractivity contribution in [2.24, 2.45) is 0 Å². The predicted octanol–water partition coefficient (Wildman–Crippen LogP) is 4.51. The molecule has 0 amide bonds. The normalized spacial score (nSPS) is 10.7. The first-order valence-corrected chi connectivity index (χ1v) is 10.0. The van der Waals surface area contributed by atoms with E-state index in [1.54, 1.807) is 41.9 Å². The molecule has 0 fully saturated rings. The van der Waals surface area contributed by atoms with Gasteiger partial charge in [-0.2, -0.15) is 5.26 Å². The number of rotatable bonds is 8. The number of aromatic nitrogens is 3.